The van der Waals surface area contributed by atoms with E-state index < -0.39 is 0 Å². The van der Waals surface area contributed by atoms with Crippen LogP contribution in [0.1, 0.15) is 17.2 Å². The maximum absolute atomic E-state index is 13.1. The van der Waals surface area contributed by atoms with Gasteiger partial charge in [0.25, 0.3) is 0 Å². The minimum absolute atomic E-state index is 0.256. The van der Waals surface area contributed by atoms with Crippen LogP contribution >= 0.6 is 0 Å². The highest BCUT2D eigenvalue weighted by Crippen LogP contribution is 2.24. The average molecular weight is 245 g/mol. The van der Waals surface area contributed by atoms with E-state index in [1.165, 1.54) is 12.1 Å². The summed E-state index contributed by atoms with van der Waals surface area (Å²) in [5, 5.41) is 0. The normalized spacial score (nSPS) is 12.2. The molecule has 1 unspecified atom stereocenters. The van der Waals surface area contributed by atoms with E-state index in [-0.39, 0.29) is 11.9 Å². The summed E-state index contributed by atoms with van der Waals surface area (Å²) in [4.78, 5) is 0. The first-order valence-corrected chi connectivity index (χ1v) is 5.88. The molecule has 0 amide bonds. The van der Waals surface area contributed by atoms with E-state index in [0.717, 1.165) is 11.1 Å². The van der Waals surface area contributed by atoms with Crippen LogP contribution in [0.2, 0.25) is 0 Å². The Balaban J connectivity index is 2.23. The van der Waals surface area contributed by atoms with Crippen molar-refractivity contribution in [2.24, 2.45) is 5.73 Å². The fourth-order valence-corrected chi connectivity index (χ4v) is 1.89. The molecule has 0 aromatic heterocycles. The lowest BCUT2D eigenvalue weighted by Gasteiger charge is -2.19. The van der Waals surface area contributed by atoms with E-state index in [0.29, 0.717) is 12.3 Å². The van der Waals surface area contributed by atoms with E-state index in [9.17, 15) is 4.39 Å². The molecule has 94 valence electrons. The molecular formula is C15H16FNO. The number of hydrogen-bond donors (Lipinski definition) is 1. The topological polar surface area (TPSA) is 35.2 Å². The minimum Gasteiger partial charge on any atom is -0.484 e. The molecule has 0 spiro atoms. The van der Waals surface area contributed by atoms with Crippen molar-refractivity contribution in [3.05, 3.63) is 65.5 Å². The molecule has 0 fully saturated rings. The second-order valence-corrected chi connectivity index (χ2v) is 4.16. The van der Waals surface area contributed by atoms with Crippen LogP contribution in [0.25, 0.3) is 0 Å². The Morgan fingerprint density at radius 3 is 2.61 bits per heavy atom. The molecule has 3 heteroatoms. The lowest BCUT2D eigenvalue weighted by molar-refractivity contribution is 0.212. The van der Waals surface area contributed by atoms with Gasteiger partial charge < -0.3 is 10.5 Å². The van der Waals surface area contributed by atoms with Gasteiger partial charge in [-0.3, -0.25) is 0 Å². The Morgan fingerprint density at radius 1 is 1.17 bits per heavy atom. The molecule has 2 aromatic carbocycles. The molecule has 0 saturated heterocycles. The maximum Gasteiger partial charge on any atom is 0.136 e. The van der Waals surface area contributed by atoms with Gasteiger partial charge in [0.05, 0.1) is 0 Å². The van der Waals surface area contributed by atoms with E-state index in [1.54, 1.807) is 12.1 Å². The molecule has 2 aromatic rings. The van der Waals surface area contributed by atoms with Gasteiger partial charge in [-0.05, 0) is 30.2 Å². The van der Waals surface area contributed by atoms with Crippen molar-refractivity contribution in [2.75, 3.05) is 6.54 Å². The molecule has 18 heavy (non-hydrogen) atoms. The quantitative estimate of drug-likeness (QED) is 0.897. The second kappa shape index (κ2) is 5.65. The van der Waals surface area contributed by atoms with E-state index >= 15 is 0 Å². The smallest absolute Gasteiger partial charge is 0.136 e. The van der Waals surface area contributed by atoms with Crippen molar-refractivity contribution in [3.8, 4) is 5.75 Å². The lowest BCUT2D eigenvalue weighted by Crippen LogP contribution is -2.19. The summed E-state index contributed by atoms with van der Waals surface area (Å²) in [6.07, 6.45) is -0.256. The van der Waals surface area contributed by atoms with Gasteiger partial charge in [-0.25, -0.2) is 4.39 Å². The molecule has 2 nitrogen and oxygen atoms in total. The molecule has 2 rings (SSSR count). The van der Waals surface area contributed by atoms with Crippen LogP contribution in [0.3, 0.4) is 0 Å². The first kappa shape index (κ1) is 12.6. The zero-order chi connectivity index (χ0) is 13.0. The predicted octanol–water partition coefficient (Wildman–Crippen LogP) is 3.21. The standard InChI is InChI=1S/C15H16FNO/c1-11-5-2-3-8-14(11)15(10-17)18-13-7-4-6-12(16)9-13/h2-9,15H,10,17H2,1H3. The van der Waals surface area contributed by atoms with Crippen LogP contribution in [0, 0.1) is 12.7 Å². The Kier molecular flexibility index (Phi) is 3.95. The van der Waals surface area contributed by atoms with Gasteiger partial charge in [0.2, 0.25) is 0 Å². The van der Waals surface area contributed by atoms with Crippen LogP contribution in [0.4, 0.5) is 4.39 Å². The van der Waals surface area contributed by atoms with Gasteiger partial charge >= 0.3 is 0 Å². The summed E-state index contributed by atoms with van der Waals surface area (Å²) in [5.41, 5.74) is 7.89. The highest BCUT2D eigenvalue weighted by atomic mass is 19.1. The molecule has 1 atom stereocenters. The van der Waals surface area contributed by atoms with Crippen molar-refractivity contribution in [2.45, 2.75) is 13.0 Å². The van der Waals surface area contributed by atoms with Crippen molar-refractivity contribution < 1.29 is 9.13 Å². The SMILES string of the molecule is Cc1ccccc1C(CN)Oc1cccc(F)c1. The highest BCUT2D eigenvalue weighted by molar-refractivity contribution is 5.30. The number of rotatable bonds is 4. The minimum atomic E-state index is -0.312. The fourth-order valence-electron chi connectivity index (χ4n) is 1.89. The van der Waals surface area contributed by atoms with Gasteiger partial charge in [0, 0.05) is 12.6 Å². The number of aryl methyl sites for hydroxylation is 1. The maximum atomic E-state index is 13.1. The number of hydrogen-bond acceptors (Lipinski definition) is 2. The zero-order valence-electron chi connectivity index (χ0n) is 10.3. The Morgan fingerprint density at radius 2 is 1.94 bits per heavy atom. The summed E-state index contributed by atoms with van der Waals surface area (Å²) in [7, 11) is 0. The van der Waals surface area contributed by atoms with Crippen molar-refractivity contribution in [3.63, 3.8) is 0 Å². The predicted molar refractivity (Wildman–Crippen MR) is 70.0 cm³/mol. The van der Waals surface area contributed by atoms with Crippen molar-refractivity contribution >= 4 is 0 Å². The van der Waals surface area contributed by atoms with Gasteiger partial charge in [0.15, 0.2) is 0 Å². The Bertz CT molecular complexity index is 527. The number of nitrogens with two attached hydrogens (primary N) is 1. The molecule has 0 aliphatic carbocycles. The van der Waals surface area contributed by atoms with Crippen molar-refractivity contribution in [1.29, 1.82) is 0 Å². The number of benzene rings is 2. The Labute approximate surface area is 106 Å². The van der Waals surface area contributed by atoms with Crippen molar-refractivity contribution in [1.82, 2.24) is 0 Å². The second-order valence-electron chi connectivity index (χ2n) is 4.16. The van der Waals surface area contributed by atoms with Gasteiger partial charge in [-0.1, -0.05) is 30.3 Å². The summed E-state index contributed by atoms with van der Waals surface area (Å²) >= 11 is 0. The van der Waals surface area contributed by atoms with E-state index in [4.69, 9.17) is 10.5 Å². The first-order valence-electron chi connectivity index (χ1n) is 5.88. The fraction of sp³-hybridized carbons (Fsp3) is 0.200. The van der Waals surface area contributed by atoms with Gasteiger partial charge in [-0.15, -0.1) is 0 Å². The number of ether oxygens (including phenoxy) is 1. The molecule has 0 heterocycles. The third-order valence-electron chi connectivity index (χ3n) is 2.82. The summed E-state index contributed by atoms with van der Waals surface area (Å²) in [6, 6.07) is 14.0. The number of halogens is 1. The van der Waals surface area contributed by atoms with E-state index in [2.05, 4.69) is 0 Å². The molecule has 0 bridgehead atoms. The summed E-state index contributed by atoms with van der Waals surface area (Å²) in [5.74, 6) is 0.182. The van der Waals surface area contributed by atoms with Crippen LogP contribution in [-0.4, -0.2) is 6.54 Å². The van der Waals surface area contributed by atoms with E-state index in [1.807, 2.05) is 31.2 Å². The van der Waals surface area contributed by atoms with Crippen LogP contribution < -0.4 is 10.5 Å². The molecule has 2 N–H and O–H groups in total. The van der Waals surface area contributed by atoms with Gasteiger partial charge in [0.1, 0.15) is 17.7 Å². The van der Waals surface area contributed by atoms with Crippen LogP contribution in [0.15, 0.2) is 48.5 Å². The van der Waals surface area contributed by atoms with Crippen LogP contribution in [0.5, 0.6) is 5.75 Å². The lowest BCUT2D eigenvalue weighted by atomic mass is 10.0. The molecular weight excluding hydrogens is 229 g/mol. The molecule has 0 aliphatic heterocycles. The monoisotopic (exact) mass is 245 g/mol. The first-order chi connectivity index (χ1) is 8.70. The highest BCUT2D eigenvalue weighted by Gasteiger charge is 2.13. The zero-order valence-corrected chi connectivity index (χ0v) is 10.3. The summed E-state index contributed by atoms with van der Waals surface area (Å²) < 4.78 is 18.8. The average Bonchev–Trinajstić information content (AvgIpc) is 2.37. The largest absolute Gasteiger partial charge is 0.484 e. The molecule has 0 radical (unpaired) electrons. The van der Waals surface area contributed by atoms with Gasteiger partial charge in [-0.2, -0.15) is 0 Å². The Hall–Kier alpha value is -1.87. The molecule has 0 saturated carbocycles. The van der Waals surface area contributed by atoms with Crippen LogP contribution in [-0.2, 0) is 0 Å². The molecule has 0 aliphatic rings. The third kappa shape index (κ3) is 2.87. The summed E-state index contributed by atoms with van der Waals surface area (Å²) in [6.45, 7) is 2.36. The third-order valence-corrected chi connectivity index (χ3v) is 2.82.